The van der Waals surface area contributed by atoms with Gasteiger partial charge in [0.05, 0.1) is 0 Å². The zero-order valence-electron chi connectivity index (χ0n) is 10.4. The van der Waals surface area contributed by atoms with Crippen LogP contribution in [0, 0.1) is 0 Å². The molecule has 3 heteroatoms. The number of nitrogens with one attached hydrogen (secondary N) is 1. The third-order valence-electron chi connectivity index (χ3n) is 1.93. The summed E-state index contributed by atoms with van der Waals surface area (Å²) in [5, 5.41) is 11.9. The summed E-state index contributed by atoms with van der Waals surface area (Å²) in [4.78, 5) is 10.7. The minimum Gasteiger partial charge on any atom is -0.508 e. The van der Waals surface area contributed by atoms with E-state index in [2.05, 4.69) is 5.32 Å². The maximum atomic E-state index is 10.7. The monoisotopic (exact) mass is 223 g/mol. The van der Waals surface area contributed by atoms with Gasteiger partial charge in [0.15, 0.2) is 0 Å². The number of rotatable bonds is 3. The van der Waals surface area contributed by atoms with Crippen molar-refractivity contribution in [3.05, 3.63) is 29.8 Å². The van der Waals surface area contributed by atoms with Crippen molar-refractivity contribution in [2.75, 3.05) is 0 Å². The molecule has 90 valence electrons. The molecule has 0 aliphatic rings. The number of aromatic hydroxyl groups is 1. The largest absolute Gasteiger partial charge is 0.508 e. The molecular formula is C13H21NO2. The van der Waals surface area contributed by atoms with Crippen LogP contribution in [-0.4, -0.2) is 17.1 Å². The van der Waals surface area contributed by atoms with Crippen LogP contribution in [0.5, 0.6) is 5.75 Å². The van der Waals surface area contributed by atoms with Crippen molar-refractivity contribution in [2.24, 2.45) is 0 Å². The van der Waals surface area contributed by atoms with E-state index in [-0.39, 0.29) is 17.7 Å². The Balaban J connectivity index is 0.00000106. The first-order valence-electron chi connectivity index (χ1n) is 5.63. The minimum absolute atomic E-state index is 0.0173. The fourth-order valence-corrected chi connectivity index (χ4v) is 1.38. The Morgan fingerprint density at radius 3 is 2.25 bits per heavy atom. The van der Waals surface area contributed by atoms with Crippen molar-refractivity contribution in [2.45, 2.75) is 40.2 Å². The van der Waals surface area contributed by atoms with Crippen LogP contribution < -0.4 is 5.32 Å². The van der Waals surface area contributed by atoms with E-state index in [1.807, 2.05) is 32.9 Å². The number of benzene rings is 1. The molecule has 0 radical (unpaired) electrons. The summed E-state index contributed by atoms with van der Waals surface area (Å²) in [6, 6.07) is 7.13. The van der Waals surface area contributed by atoms with Crippen molar-refractivity contribution in [1.29, 1.82) is 0 Å². The van der Waals surface area contributed by atoms with Gasteiger partial charge in [-0.2, -0.15) is 0 Å². The molecule has 0 aliphatic heterocycles. The van der Waals surface area contributed by atoms with Crippen molar-refractivity contribution >= 4 is 5.91 Å². The van der Waals surface area contributed by atoms with Gasteiger partial charge in [-0.3, -0.25) is 4.79 Å². The molecule has 1 aromatic rings. The van der Waals surface area contributed by atoms with E-state index in [1.54, 1.807) is 12.1 Å². The topological polar surface area (TPSA) is 49.3 Å². The molecule has 0 saturated heterocycles. The summed E-state index contributed by atoms with van der Waals surface area (Å²) < 4.78 is 0. The van der Waals surface area contributed by atoms with Crippen molar-refractivity contribution in [1.82, 2.24) is 5.32 Å². The quantitative estimate of drug-likeness (QED) is 0.827. The van der Waals surface area contributed by atoms with Gasteiger partial charge in [0.25, 0.3) is 0 Å². The lowest BCUT2D eigenvalue weighted by atomic mass is 10.1. The van der Waals surface area contributed by atoms with E-state index in [0.717, 1.165) is 12.0 Å². The lowest BCUT2D eigenvalue weighted by molar-refractivity contribution is -0.119. The number of carbonyl (C=O) groups is 1. The van der Waals surface area contributed by atoms with Crippen LogP contribution in [0.25, 0.3) is 0 Å². The first-order valence-corrected chi connectivity index (χ1v) is 5.63. The zero-order valence-corrected chi connectivity index (χ0v) is 10.4. The van der Waals surface area contributed by atoms with Gasteiger partial charge in [0, 0.05) is 13.0 Å². The Kier molecular flexibility index (Phi) is 7.01. The van der Waals surface area contributed by atoms with E-state index >= 15 is 0 Å². The van der Waals surface area contributed by atoms with Gasteiger partial charge in [-0.25, -0.2) is 0 Å². The number of phenolic OH excluding ortho intramolecular Hbond substituents is 1. The number of amides is 1. The van der Waals surface area contributed by atoms with Gasteiger partial charge >= 0.3 is 0 Å². The van der Waals surface area contributed by atoms with Crippen LogP contribution in [0.1, 0.15) is 33.3 Å². The fourth-order valence-electron chi connectivity index (χ4n) is 1.38. The summed E-state index contributed by atoms with van der Waals surface area (Å²) in [6.07, 6.45) is 0.778. The first-order chi connectivity index (χ1) is 7.58. The third-order valence-corrected chi connectivity index (χ3v) is 1.93. The molecule has 1 atom stereocenters. The maximum Gasteiger partial charge on any atom is 0.217 e. The molecule has 1 amide bonds. The molecule has 1 aromatic carbocycles. The average molecular weight is 223 g/mol. The number of hydrogen-bond acceptors (Lipinski definition) is 2. The van der Waals surface area contributed by atoms with Crippen molar-refractivity contribution in [3.8, 4) is 5.75 Å². The minimum atomic E-state index is -0.0173. The lowest BCUT2D eigenvalue weighted by Crippen LogP contribution is -2.31. The Hall–Kier alpha value is -1.51. The van der Waals surface area contributed by atoms with Crippen molar-refractivity contribution < 1.29 is 9.90 Å². The standard InChI is InChI=1S/C11H15NO2.C2H6/c1-8(12-9(2)13)7-10-3-5-11(14)6-4-10;1-2/h3-6,8,14H,7H2,1-2H3,(H,12,13);1-2H3. The van der Waals surface area contributed by atoms with Crippen LogP contribution in [0.3, 0.4) is 0 Å². The molecule has 0 aliphatic carbocycles. The van der Waals surface area contributed by atoms with Crippen molar-refractivity contribution in [3.63, 3.8) is 0 Å². The second-order valence-corrected chi connectivity index (χ2v) is 3.47. The van der Waals surface area contributed by atoms with E-state index in [1.165, 1.54) is 6.92 Å². The van der Waals surface area contributed by atoms with E-state index < -0.39 is 0 Å². The second-order valence-electron chi connectivity index (χ2n) is 3.47. The summed E-state index contributed by atoms with van der Waals surface area (Å²) in [5.74, 6) is 0.247. The maximum absolute atomic E-state index is 10.7. The Morgan fingerprint density at radius 2 is 1.81 bits per heavy atom. The summed E-state index contributed by atoms with van der Waals surface area (Å²) in [6.45, 7) is 7.46. The molecule has 2 N–H and O–H groups in total. The number of phenols is 1. The first kappa shape index (κ1) is 14.5. The lowest BCUT2D eigenvalue weighted by Gasteiger charge is -2.12. The molecule has 16 heavy (non-hydrogen) atoms. The average Bonchev–Trinajstić information content (AvgIpc) is 2.23. The zero-order chi connectivity index (χ0) is 12.6. The van der Waals surface area contributed by atoms with Crippen LogP contribution in [-0.2, 0) is 11.2 Å². The van der Waals surface area contributed by atoms with Gasteiger partial charge in [-0.15, -0.1) is 0 Å². The normalized spacial score (nSPS) is 11.0. The molecule has 0 fully saturated rings. The van der Waals surface area contributed by atoms with Crippen LogP contribution in [0.15, 0.2) is 24.3 Å². The van der Waals surface area contributed by atoms with E-state index in [0.29, 0.717) is 0 Å². The molecule has 0 aromatic heterocycles. The van der Waals surface area contributed by atoms with Crippen LogP contribution >= 0.6 is 0 Å². The highest BCUT2D eigenvalue weighted by molar-refractivity contribution is 5.73. The second kappa shape index (κ2) is 7.74. The molecule has 0 spiro atoms. The van der Waals surface area contributed by atoms with Crippen LogP contribution in [0.4, 0.5) is 0 Å². The summed E-state index contributed by atoms with van der Waals surface area (Å²) >= 11 is 0. The molecule has 0 saturated carbocycles. The van der Waals surface area contributed by atoms with E-state index in [4.69, 9.17) is 5.11 Å². The Bertz CT molecular complexity index is 306. The molecule has 0 heterocycles. The van der Waals surface area contributed by atoms with Gasteiger partial charge in [0.1, 0.15) is 5.75 Å². The SMILES string of the molecule is CC.CC(=O)NC(C)Cc1ccc(O)cc1. The van der Waals surface area contributed by atoms with E-state index in [9.17, 15) is 4.79 Å². The molecule has 3 nitrogen and oxygen atoms in total. The number of carbonyl (C=O) groups excluding carboxylic acids is 1. The van der Waals surface area contributed by atoms with Gasteiger partial charge < -0.3 is 10.4 Å². The van der Waals surface area contributed by atoms with Crippen LogP contribution in [0.2, 0.25) is 0 Å². The smallest absolute Gasteiger partial charge is 0.217 e. The fraction of sp³-hybridized carbons (Fsp3) is 0.462. The summed E-state index contributed by atoms with van der Waals surface area (Å²) in [5.41, 5.74) is 1.10. The molecule has 1 rings (SSSR count). The molecule has 0 bridgehead atoms. The van der Waals surface area contributed by atoms with Gasteiger partial charge in [-0.05, 0) is 31.0 Å². The van der Waals surface area contributed by atoms with Gasteiger partial charge in [0.2, 0.25) is 5.91 Å². The Morgan fingerprint density at radius 1 is 1.31 bits per heavy atom. The predicted octanol–water partition coefficient (Wildman–Crippen LogP) is 2.49. The highest BCUT2D eigenvalue weighted by Crippen LogP contribution is 2.10. The third kappa shape index (κ3) is 6.06. The highest BCUT2D eigenvalue weighted by atomic mass is 16.3. The number of hydrogen-bond donors (Lipinski definition) is 2. The van der Waals surface area contributed by atoms with Gasteiger partial charge in [-0.1, -0.05) is 26.0 Å². The molecule has 1 unspecified atom stereocenters. The highest BCUT2D eigenvalue weighted by Gasteiger charge is 2.04. The predicted molar refractivity (Wildman–Crippen MR) is 66.4 cm³/mol. The molecular weight excluding hydrogens is 202 g/mol. The Labute approximate surface area is 97.5 Å². The summed E-state index contributed by atoms with van der Waals surface area (Å²) in [7, 11) is 0.